The molecule has 2 aliphatic heterocycles. The van der Waals surface area contributed by atoms with Gasteiger partial charge < -0.3 is 19.4 Å². The van der Waals surface area contributed by atoms with Crippen molar-refractivity contribution in [2.45, 2.75) is 12.8 Å². The van der Waals surface area contributed by atoms with Crippen LogP contribution in [0.2, 0.25) is 0 Å². The molecule has 1 fully saturated rings. The minimum absolute atomic E-state index is 0. The maximum Gasteiger partial charge on any atom is 0.140 e. The number of rotatable bonds is 7. The Balaban J connectivity index is 0.00000320. The zero-order valence-electron chi connectivity index (χ0n) is 17.7. The topological polar surface area (TPSA) is 31.3 Å². The van der Waals surface area contributed by atoms with Gasteiger partial charge in [0, 0.05) is 57.7 Å². The summed E-state index contributed by atoms with van der Waals surface area (Å²) in [5, 5.41) is 0. The van der Waals surface area contributed by atoms with Crippen molar-refractivity contribution in [3.63, 3.8) is 0 Å². The van der Waals surface area contributed by atoms with Gasteiger partial charge in [0.25, 0.3) is 0 Å². The quantitative estimate of drug-likeness (QED) is 0.696. The summed E-state index contributed by atoms with van der Waals surface area (Å²) < 4.78 is 19.8. The largest absolute Gasteiger partial charge is 0.497 e. The van der Waals surface area contributed by atoms with Crippen LogP contribution in [0.4, 0.5) is 4.39 Å². The van der Waals surface area contributed by atoms with Gasteiger partial charge in [-0.25, -0.2) is 9.38 Å². The van der Waals surface area contributed by atoms with Crippen molar-refractivity contribution < 1.29 is 10.6 Å². The molecular formula is C23H33FN4O. The lowest BCUT2D eigenvalue weighted by molar-refractivity contribution is 0.153. The normalized spacial score (nSPS) is 19.9. The van der Waals surface area contributed by atoms with Crippen molar-refractivity contribution in [1.82, 2.24) is 14.7 Å². The van der Waals surface area contributed by atoms with Crippen LogP contribution in [0, 0.1) is 5.82 Å². The number of likely N-dealkylation sites (N-methyl/N-ethyl adjacent to an activating group) is 1. The molecule has 0 unspecified atom stereocenters. The molecule has 0 aliphatic carbocycles. The average molecular weight is 401 g/mol. The summed E-state index contributed by atoms with van der Waals surface area (Å²) in [4.78, 5) is 11.6. The SMILES string of the molecule is C=C/C(=C1/N=C(CCCN2CCN(C)CC2)C=CN1C)c1cc(OC)ccc1F.[HH]. The molecule has 1 aromatic rings. The minimum Gasteiger partial charge on any atom is -0.497 e. The summed E-state index contributed by atoms with van der Waals surface area (Å²) >= 11 is 0. The van der Waals surface area contributed by atoms with Crippen molar-refractivity contribution in [3.8, 4) is 5.75 Å². The minimum atomic E-state index is -0.317. The van der Waals surface area contributed by atoms with Crippen LogP contribution in [-0.2, 0) is 0 Å². The van der Waals surface area contributed by atoms with Crippen molar-refractivity contribution in [2.75, 3.05) is 53.9 Å². The Hall–Kier alpha value is -2.44. The maximum atomic E-state index is 14.5. The molecule has 0 aromatic heterocycles. The summed E-state index contributed by atoms with van der Waals surface area (Å²) in [6.07, 6.45) is 7.63. The molecule has 0 atom stereocenters. The van der Waals surface area contributed by atoms with Gasteiger partial charge in [0.2, 0.25) is 0 Å². The number of methoxy groups -OCH3 is 1. The first kappa shape index (κ1) is 21.3. The molecule has 0 bridgehead atoms. The molecule has 0 N–H and O–H groups in total. The number of hydrogen-bond donors (Lipinski definition) is 0. The second-order valence-corrected chi connectivity index (χ2v) is 7.57. The molecule has 1 saturated heterocycles. The van der Waals surface area contributed by atoms with Gasteiger partial charge in [-0.3, -0.25) is 0 Å². The van der Waals surface area contributed by atoms with E-state index in [2.05, 4.69) is 23.4 Å². The van der Waals surface area contributed by atoms with Gasteiger partial charge in [-0.2, -0.15) is 0 Å². The van der Waals surface area contributed by atoms with Gasteiger partial charge in [0.15, 0.2) is 0 Å². The molecule has 5 nitrogen and oxygen atoms in total. The first-order chi connectivity index (χ1) is 14.0. The van der Waals surface area contributed by atoms with E-state index in [4.69, 9.17) is 9.73 Å². The summed E-state index contributed by atoms with van der Waals surface area (Å²) in [6, 6.07) is 4.72. The highest BCUT2D eigenvalue weighted by Crippen LogP contribution is 2.30. The fraction of sp³-hybridized carbons (Fsp3) is 0.435. The van der Waals surface area contributed by atoms with Crippen LogP contribution in [0.1, 0.15) is 19.8 Å². The molecule has 0 amide bonds. The van der Waals surface area contributed by atoms with E-state index in [9.17, 15) is 4.39 Å². The zero-order chi connectivity index (χ0) is 20.8. The number of benzene rings is 1. The van der Waals surface area contributed by atoms with Crippen molar-refractivity contribution in [2.24, 2.45) is 4.99 Å². The highest BCUT2D eigenvalue weighted by atomic mass is 19.1. The molecule has 6 heteroatoms. The molecule has 2 heterocycles. The van der Waals surface area contributed by atoms with Gasteiger partial charge in [-0.15, -0.1) is 0 Å². The van der Waals surface area contributed by atoms with E-state index >= 15 is 0 Å². The van der Waals surface area contributed by atoms with E-state index in [1.807, 2.05) is 24.2 Å². The van der Waals surface area contributed by atoms with Gasteiger partial charge in [0.1, 0.15) is 17.4 Å². The molecule has 0 radical (unpaired) electrons. The number of nitrogens with zero attached hydrogens (tertiary/aromatic N) is 4. The van der Waals surface area contributed by atoms with Crippen LogP contribution in [0.3, 0.4) is 0 Å². The summed E-state index contributed by atoms with van der Waals surface area (Å²) in [5.74, 6) is 0.985. The Labute approximate surface area is 174 Å². The van der Waals surface area contributed by atoms with E-state index in [1.165, 1.54) is 6.07 Å². The van der Waals surface area contributed by atoms with E-state index in [1.54, 1.807) is 25.3 Å². The second-order valence-electron chi connectivity index (χ2n) is 7.57. The van der Waals surface area contributed by atoms with Crippen LogP contribution in [0.5, 0.6) is 5.75 Å². The van der Waals surface area contributed by atoms with Crippen LogP contribution in [0.25, 0.3) is 5.57 Å². The fourth-order valence-electron chi connectivity index (χ4n) is 3.62. The Morgan fingerprint density at radius 1 is 1.28 bits per heavy atom. The fourth-order valence-corrected chi connectivity index (χ4v) is 3.62. The molecule has 3 rings (SSSR count). The third kappa shape index (κ3) is 5.34. The predicted octanol–water partition coefficient (Wildman–Crippen LogP) is 3.86. The third-order valence-electron chi connectivity index (χ3n) is 5.49. The number of hydrogen-bond acceptors (Lipinski definition) is 5. The Morgan fingerprint density at radius 3 is 2.72 bits per heavy atom. The average Bonchev–Trinajstić information content (AvgIpc) is 2.73. The van der Waals surface area contributed by atoms with Gasteiger partial charge in [-0.05, 0) is 50.7 Å². The number of ether oxygens (including phenoxy) is 1. The summed E-state index contributed by atoms with van der Waals surface area (Å²) in [7, 11) is 5.66. The molecule has 29 heavy (non-hydrogen) atoms. The van der Waals surface area contributed by atoms with Gasteiger partial charge >= 0.3 is 0 Å². The van der Waals surface area contributed by atoms with Crippen LogP contribution in [-0.4, -0.2) is 74.3 Å². The summed E-state index contributed by atoms with van der Waals surface area (Å²) in [5.41, 5.74) is 2.11. The Bertz CT molecular complexity index is 828. The smallest absolute Gasteiger partial charge is 0.140 e. The van der Waals surface area contributed by atoms with Crippen molar-refractivity contribution in [1.29, 1.82) is 0 Å². The van der Waals surface area contributed by atoms with Crippen LogP contribution < -0.4 is 4.74 Å². The predicted molar refractivity (Wildman–Crippen MR) is 120 cm³/mol. The Kier molecular flexibility index (Phi) is 7.23. The lowest BCUT2D eigenvalue weighted by atomic mass is 10.0. The molecule has 0 saturated carbocycles. The van der Waals surface area contributed by atoms with Crippen molar-refractivity contribution >= 4 is 11.3 Å². The molecule has 2 aliphatic rings. The van der Waals surface area contributed by atoms with Crippen molar-refractivity contribution in [3.05, 3.63) is 60.3 Å². The lowest BCUT2D eigenvalue weighted by Gasteiger charge is -2.32. The van der Waals surface area contributed by atoms with Crippen LogP contribution in [0.15, 0.2) is 53.9 Å². The molecule has 158 valence electrons. The number of piperazine rings is 1. The monoisotopic (exact) mass is 400 g/mol. The first-order valence-corrected chi connectivity index (χ1v) is 10.1. The number of halogens is 1. The summed E-state index contributed by atoms with van der Waals surface area (Å²) in [6.45, 7) is 9.50. The second kappa shape index (κ2) is 9.85. The number of aliphatic imine (C=N–C) groups is 1. The van der Waals surface area contributed by atoms with Gasteiger partial charge in [-0.1, -0.05) is 12.7 Å². The highest BCUT2D eigenvalue weighted by molar-refractivity contribution is 5.97. The Morgan fingerprint density at radius 2 is 2.03 bits per heavy atom. The molecule has 0 spiro atoms. The lowest BCUT2D eigenvalue weighted by Crippen LogP contribution is -2.44. The van der Waals surface area contributed by atoms with Gasteiger partial charge in [0.05, 0.1) is 7.11 Å². The zero-order valence-corrected chi connectivity index (χ0v) is 17.7. The standard InChI is InChI=1S/C23H31FN4O.H2/c1-5-20(21-17-19(29-4)8-9-22(21)24)23-25-18(10-12-27(23)3)7-6-11-28-15-13-26(2)14-16-28;/h5,8-10,12,17H,1,6-7,11,13-16H2,2-4H3;1H/b23-20+;. The van der Waals surface area contributed by atoms with E-state index < -0.39 is 0 Å². The highest BCUT2D eigenvalue weighted by Gasteiger charge is 2.18. The van der Waals surface area contributed by atoms with E-state index in [0.29, 0.717) is 22.7 Å². The van der Waals surface area contributed by atoms with E-state index in [0.717, 1.165) is 51.3 Å². The van der Waals surface area contributed by atoms with E-state index in [-0.39, 0.29) is 7.24 Å². The molecule has 1 aromatic carbocycles. The van der Waals surface area contributed by atoms with Crippen LogP contribution >= 0.6 is 0 Å². The first-order valence-electron chi connectivity index (χ1n) is 10.1. The molecular weight excluding hydrogens is 367 g/mol. The number of allylic oxidation sites excluding steroid dienone is 3. The third-order valence-corrected chi connectivity index (χ3v) is 5.49. The maximum absolute atomic E-state index is 14.5.